The Morgan fingerprint density at radius 3 is 2.45 bits per heavy atom. The van der Waals surface area contributed by atoms with E-state index in [-0.39, 0.29) is 24.3 Å². The van der Waals surface area contributed by atoms with Crippen molar-refractivity contribution in [2.24, 2.45) is 0 Å². The molecule has 0 unspecified atom stereocenters. The highest BCUT2D eigenvalue weighted by Gasteiger charge is 2.28. The summed E-state index contributed by atoms with van der Waals surface area (Å²) >= 11 is 3.41. The summed E-state index contributed by atoms with van der Waals surface area (Å²) in [5, 5.41) is 3.07. The van der Waals surface area contributed by atoms with Crippen LogP contribution in [-0.4, -0.2) is 28.8 Å². The van der Waals surface area contributed by atoms with Gasteiger partial charge in [-0.3, -0.25) is 9.59 Å². The number of carbonyl (C=O) groups is 2. The summed E-state index contributed by atoms with van der Waals surface area (Å²) in [5.74, 6) is -0.838. The molecule has 0 spiro atoms. The fourth-order valence-electron chi connectivity index (χ4n) is 3.67. The summed E-state index contributed by atoms with van der Waals surface area (Å²) in [4.78, 5) is 27.5. The molecule has 1 aliphatic rings. The number of nitrogens with zero attached hydrogens (tertiary/aromatic N) is 1. The molecule has 0 saturated heterocycles. The predicted octanol–water partition coefficient (Wildman–Crippen LogP) is 4.61. The Kier molecular flexibility index (Phi) is 7.42. The van der Waals surface area contributed by atoms with Gasteiger partial charge in [0.15, 0.2) is 0 Å². The van der Waals surface area contributed by atoms with Gasteiger partial charge >= 0.3 is 0 Å². The molecule has 29 heavy (non-hydrogen) atoms. The Morgan fingerprint density at radius 2 is 1.79 bits per heavy atom. The van der Waals surface area contributed by atoms with Crippen LogP contribution in [0.1, 0.15) is 43.7 Å². The van der Waals surface area contributed by atoms with E-state index in [1.165, 1.54) is 6.07 Å². The fourth-order valence-corrected chi connectivity index (χ4v) is 3.93. The molecule has 6 heteroatoms. The first kappa shape index (κ1) is 21.5. The van der Waals surface area contributed by atoms with Gasteiger partial charge in [-0.15, -0.1) is 0 Å². The molecule has 154 valence electrons. The largest absolute Gasteiger partial charge is 0.352 e. The number of benzene rings is 2. The van der Waals surface area contributed by atoms with Crippen LogP contribution in [0.25, 0.3) is 0 Å². The van der Waals surface area contributed by atoms with E-state index in [0.717, 1.165) is 35.7 Å². The third-order valence-electron chi connectivity index (χ3n) is 5.43. The Hall–Kier alpha value is -2.21. The maximum absolute atomic E-state index is 14.1. The molecule has 1 saturated carbocycles. The van der Waals surface area contributed by atoms with Crippen LogP contribution < -0.4 is 5.32 Å². The molecule has 0 heterocycles. The van der Waals surface area contributed by atoms with E-state index >= 15 is 0 Å². The number of halogens is 2. The topological polar surface area (TPSA) is 49.4 Å². The Labute approximate surface area is 179 Å². The van der Waals surface area contributed by atoms with Gasteiger partial charge in [-0.05, 0) is 49.1 Å². The molecule has 0 bridgehead atoms. The first-order chi connectivity index (χ1) is 13.9. The maximum Gasteiger partial charge on any atom is 0.242 e. The summed E-state index contributed by atoms with van der Waals surface area (Å²) in [7, 11) is 0. The van der Waals surface area contributed by atoms with Gasteiger partial charge in [0.25, 0.3) is 0 Å². The lowest BCUT2D eigenvalue weighted by atomic mass is 10.1. The van der Waals surface area contributed by atoms with Crippen LogP contribution in [0.5, 0.6) is 0 Å². The van der Waals surface area contributed by atoms with Crippen LogP contribution in [0.15, 0.2) is 53.0 Å². The third kappa shape index (κ3) is 5.89. The second-order valence-electron chi connectivity index (χ2n) is 7.58. The Bertz CT molecular complexity index is 850. The lowest BCUT2D eigenvalue weighted by Gasteiger charge is -2.30. The van der Waals surface area contributed by atoms with Crippen LogP contribution in [-0.2, 0) is 22.6 Å². The zero-order valence-corrected chi connectivity index (χ0v) is 18.1. The maximum atomic E-state index is 14.1. The highest BCUT2D eigenvalue weighted by molar-refractivity contribution is 9.10. The molecule has 1 aliphatic carbocycles. The van der Waals surface area contributed by atoms with E-state index in [0.29, 0.717) is 12.1 Å². The van der Waals surface area contributed by atoms with Gasteiger partial charge in [-0.1, -0.05) is 59.1 Å². The van der Waals surface area contributed by atoms with Crippen LogP contribution in [0.4, 0.5) is 4.39 Å². The molecule has 2 aromatic carbocycles. The Balaban J connectivity index is 1.77. The molecule has 4 nitrogen and oxygen atoms in total. The van der Waals surface area contributed by atoms with Crippen molar-refractivity contribution < 1.29 is 14.0 Å². The van der Waals surface area contributed by atoms with Crippen molar-refractivity contribution in [1.82, 2.24) is 10.2 Å². The molecule has 2 amide bonds. The first-order valence-electron chi connectivity index (χ1n) is 10.0. The number of amides is 2. The number of nitrogens with one attached hydrogen (secondary N) is 1. The zero-order chi connectivity index (χ0) is 20.8. The summed E-state index contributed by atoms with van der Waals surface area (Å²) < 4.78 is 15.0. The number of hydrogen-bond donors (Lipinski definition) is 1. The summed E-state index contributed by atoms with van der Waals surface area (Å²) in [5.41, 5.74) is 1.25. The van der Waals surface area contributed by atoms with E-state index in [2.05, 4.69) is 21.2 Å². The average molecular weight is 461 g/mol. The summed E-state index contributed by atoms with van der Waals surface area (Å²) in [6.07, 6.45) is 4.12. The second kappa shape index (κ2) is 10.0. The van der Waals surface area contributed by atoms with Gasteiger partial charge in [0.2, 0.25) is 11.8 Å². The first-order valence-corrected chi connectivity index (χ1v) is 10.8. The minimum atomic E-state index is -0.640. The van der Waals surface area contributed by atoms with Crippen molar-refractivity contribution in [2.45, 2.75) is 57.7 Å². The highest BCUT2D eigenvalue weighted by Crippen LogP contribution is 2.19. The predicted molar refractivity (Wildman–Crippen MR) is 115 cm³/mol. The van der Waals surface area contributed by atoms with Crippen molar-refractivity contribution in [3.63, 3.8) is 0 Å². The molecule has 1 N–H and O–H groups in total. The SMILES string of the molecule is C[C@H](C(=O)NC1CCCC1)N(Cc1ccc(Br)cc1)C(=O)Cc1ccccc1F. The second-order valence-corrected chi connectivity index (χ2v) is 8.50. The van der Waals surface area contributed by atoms with Crippen LogP contribution in [0.2, 0.25) is 0 Å². The quantitative estimate of drug-likeness (QED) is 0.655. The monoisotopic (exact) mass is 460 g/mol. The van der Waals surface area contributed by atoms with Crippen molar-refractivity contribution in [1.29, 1.82) is 0 Å². The number of carbonyl (C=O) groups excluding carboxylic acids is 2. The molecule has 1 atom stereocenters. The van der Waals surface area contributed by atoms with Gasteiger partial charge in [0, 0.05) is 17.1 Å². The lowest BCUT2D eigenvalue weighted by molar-refractivity contribution is -0.140. The van der Waals surface area contributed by atoms with E-state index < -0.39 is 11.9 Å². The Morgan fingerprint density at radius 1 is 1.14 bits per heavy atom. The van der Waals surface area contributed by atoms with E-state index in [1.54, 1.807) is 30.0 Å². The molecule has 0 radical (unpaired) electrons. The standard InChI is InChI=1S/C23H26BrFN2O2/c1-16(23(29)26-20-7-3-4-8-20)27(15-17-10-12-19(24)13-11-17)22(28)14-18-6-2-5-9-21(18)25/h2,5-6,9-13,16,20H,3-4,7-8,14-15H2,1H3,(H,26,29)/t16-/m1/s1. The van der Waals surface area contributed by atoms with Gasteiger partial charge in [0.05, 0.1) is 6.42 Å². The van der Waals surface area contributed by atoms with Gasteiger partial charge in [0.1, 0.15) is 11.9 Å². The van der Waals surface area contributed by atoms with Crippen molar-refractivity contribution >= 4 is 27.7 Å². The molecule has 2 aromatic rings. The average Bonchev–Trinajstić information content (AvgIpc) is 3.21. The van der Waals surface area contributed by atoms with Crippen LogP contribution in [0, 0.1) is 5.82 Å². The third-order valence-corrected chi connectivity index (χ3v) is 5.96. The van der Waals surface area contributed by atoms with Crippen molar-refractivity contribution in [2.75, 3.05) is 0 Å². The summed E-state index contributed by atoms with van der Waals surface area (Å²) in [6, 6.07) is 13.4. The number of hydrogen-bond acceptors (Lipinski definition) is 2. The minimum Gasteiger partial charge on any atom is -0.352 e. The number of rotatable bonds is 7. The molecule has 3 rings (SSSR count). The normalized spacial score (nSPS) is 15.1. The van der Waals surface area contributed by atoms with E-state index in [1.807, 2.05) is 24.3 Å². The molecular formula is C23H26BrFN2O2. The highest BCUT2D eigenvalue weighted by atomic mass is 79.9. The summed E-state index contributed by atoms with van der Waals surface area (Å²) in [6.45, 7) is 2.03. The van der Waals surface area contributed by atoms with Crippen molar-refractivity contribution in [3.05, 3.63) is 69.9 Å². The lowest BCUT2D eigenvalue weighted by Crippen LogP contribution is -2.50. The van der Waals surface area contributed by atoms with Crippen LogP contribution >= 0.6 is 15.9 Å². The zero-order valence-electron chi connectivity index (χ0n) is 16.5. The molecular weight excluding hydrogens is 435 g/mol. The smallest absolute Gasteiger partial charge is 0.242 e. The fraction of sp³-hybridized carbons (Fsp3) is 0.391. The van der Waals surface area contributed by atoms with Crippen LogP contribution in [0.3, 0.4) is 0 Å². The van der Waals surface area contributed by atoms with Gasteiger partial charge in [-0.25, -0.2) is 4.39 Å². The molecule has 0 aliphatic heterocycles. The molecule has 1 fully saturated rings. The van der Waals surface area contributed by atoms with Crippen molar-refractivity contribution in [3.8, 4) is 0 Å². The molecule has 0 aromatic heterocycles. The van der Waals surface area contributed by atoms with Gasteiger partial charge in [-0.2, -0.15) is 0 Å². The minimum absolute atomic E-state index is 0.0791. The van der Waals surface area contributed by atoms with Gasteiger partial charge < -0.3 is 10.2 Å². The van der Waals surface area contributed by atoms with E-state index in [4.69, 9.17) is 0 Å². The van der Waals surface area contributed by atoms with E-state index in [9.17, 15) is 14.0 Å².